The summed E-state index contributed by atoms with van der Waals surface area (Å²) in [6.07, 6.45) is 1.90. The van der Waals surface area contributed by atoms with Gasteiger partial charge in [0.1, 0.15) is 11.3 Å². The van der Waals surface area contributed by atoms with Crippen LogP contribution in [-0.2, 0) is 10.0 Å². The third kappa shape index (κ3) is 3.78. The number of hydrogen-bond acceptors (Lipinski definition) is 5. The molecule has 0 spiro atoms. The van der Waals surface area contributed by atoms with E-state index in [2.05, 4.69) is 0 Å². The molecule has 6 nitrogen and oxygen atoms in total. The van der Waals surface area contributed by atoms with Gasteiger partial charge in [-0.2, -0.15) is 0 Å². The molecule has 1 aromatic heterocycles. The van der Waals surface area contributed by atoms with Gasteiger partial charge in [0.2, 0.25) is 0 Å². The number of sulfonamides is 1. The number of ether oxygens (including phenoxy) is 1. The molecular weight excluding hydrogens is 450 g/mol. The molecule has 0 amide bonds. The van der Waals surface area contributed by atoms with Gasteiger partial charge in [-0.3, -0.25) is 4.31 Å². The second-order valence-electron chi connectivity index (χ2n) is 8.05. The summed E-state index contributed by atoms with van der Waals surface area (Å²) >= 11 is 0. The summed E-state index contributed by atoms with van der Waals surface area (Å²) in [5, 5.41) is 0.668. The lowest BCUT2D eigenvalue weighted by Gasteiger charge is -2.31. The van der Waals surface area contributed by atoms with E-state index >= 15 is 0 Å². The van der Waals surface area contributed by atoms with Crippen molar-refractivity contribution in [1.82, 2.24) is 0 Å². The van der Waals surface area contributed by atoms with Gasteiger partial charge in [-0.1, -0.05) is 35.9 Å². The zero-order chi connectivity index (χ0) is 23.9. The molecule has 7 heteroatoms. The van der Waals surface area contributed by atoms with Crippen LogP contribution in [0.2, 0.25) is 0 Å². The Morgan fingerprint density at radius 3 is 2.38 bits per heavy atom. The molecule has 0 saturated heterocycles. The van der Waals surface area contributed by atoms with Gasteiger partial charge in [0.15, 0.2) is 0 Å². The van der Waals surface area contributed by atoms with Crippen LogP contribution in [0.1, 0.15) is 23.6 Å². The maximum Gasteiger partial charge on any atom is 0.336 e. The van der Waals surface area contributed by atoms with Crippen molar-refractivity contribution in [2.45, 2.75) is 18.7 Å². The molecule has 0 fully saturated rings. The molecule has 0 atom stereocenters. The largest absolute Gasteiger partial charge is 0.494 e. The molecule has 0 saturated carbocycles. The van der Waals surface area contributed by atoms with Crippen molar-refractivity contribution in [1.29, 1.82) is 0 Å². The molecule has 172 valence electrons. The summed E-state index contributed by atoms with van der Waals surface area (Å²) in [5.41, 5.74) is 3.94. The Kier molecular flexibility index (Phi) is 5.49. The predicted molar refractivity (Wildman–Crippen MR) is 133 cm³/mol. The first-order valence-electron chi connectivity index (χ1n) is 11.0. The van der Waals surface area contributed by atoms with E-state index < -0.39 is 15.6 Å². The molecule has 2 heterocycles. The van der Waals surface area contributed by atoms with Gasteiger partial charge < -0.3 is 9.15 Å². The van der Waals surface area contributed by atoms with E-state index in [0.29, 0.717) is 28.8 Å². The molecule has 5 rings (SSSR count). The van der Waals surface area contributed by atoms with Crippen molar-refractivity contribution >= 4 is 32.3 Å². The number of benzene rings is 3. The van der Waals surface area contributed by atoms with Crippen molar-refractivity contribution in [2.75, 3.05) is 17.5 Å². The van der Waals surface area contributed by atoms with Gasteiger partial charge >= 0.3 is 5.63 Å². The van der Waals surface area contributed by atoms with E-state index in [1.165, 1.54) is 10.4 Å². The van der Waals surface area contributed by atoms with Crippen LogP contribution in [0.5, 0.6) is 5.75 Å². The minimum Gasteiger partial charge on any atom is -0.494 e. The highest BCUT2D eigenvalue weighted by molar-refractivity contribution is 7.92. The minimum atomic E-state index is -3.81. The average Bonchev–Trinajstić information content (AvgIpc) is 2.84. The van der Waals surface area contributed by atoms with Gasteiger partial charge in [0.05, 0.1) is 23.7 Å². The third-order valence-electron chi connectivity index (χ3n) is 5.86. The average molecular weight is 474 g/mol. The molecular formula is C27H23NO5S. The highest BCUT2D eigenvalue weighted by Crippen LogP contribution is 2.42. The number of hydrogen-bond donors (Lipinski definition) is 0. The lowest BCUT2D eigenvalue weighted by atomic mass is 9.91. The van der Waals surface area contributed by atoms with Crippen LogP contribution in [0.15, 0.2) is 93.0 Å². The smallest absolute Gasteiger partial charge is 0.336 e. The number of nitrogens with zero attached hydrogens (tertiary/aromatic N) is 1. The van der Waals surface area contributed by atoms with Gasteiger partial charge in [-0.05, 0) is 67.4 Å². The molecule has 0 N–H and O–H groups in total. The first-order valence-corrected chi connectivity index (χ1v) is 12.4. The van der Waals surface area contributed by atoms with Crippen LogP contribution in [0, 0.1) is 6.92 Å². The molecule has 1 aliphatic rings. The van der Waals surface area contributed by atoms with E-state index in [9.17, 15) is 13.2 Å². The van der Waals surface area contributed by atoms with E-state index in [-0.39, 0.29) is 11.4 Å². The van der Waals surface area contributed by atoms with E-state index in [1.807, 2.05) is 44.2 Å². The quantitative estimate of drug-likeness (QED) is 0.375. The fourth-order valence-corrected chi connectivity index (χ4v) is 5.64. The van der Waals surface area contributed by atoms with Crippen molar-refractivity contribution < 1.29 is 17.6 Å². The second-order valence-corrected chi connectivity index (χ2v) is 9.91. The Labute approximate surface area is 197 Å². The lowest BCUT2D eigenvalue weighted by Crippen LogP contribution is -2.34. The first-order chi connectivity index (χ1) is 16.4. The Balaban J connectivity index is 1.70. The fourth-order valence-electron chi connectivity index (χ4n) is 4.23. The highest BCUT2D eigenvalue weighted by Gasteiger charge is 2.31. The molecule has 0 radical (unpaired) electrons. The van der Waals surface area contributed by atoms with Crippen LogP contribution in [0.25, 0.3) is 16.5 Å². The molecule has 0 aliphatic carbocycles. The van der Waals surface area contributed by atoms with Crippen molar-refractivity contribution in [2.24, 2.45) is 0 Å². The number of aryl methyl sites for hydroxylation is 1. The maximum atomic E-state index is 13.6. The summed E-state index contributed by atoms with van der Waals surface area (Å²) in [4.78, 5) is 12.1. The molecule has 0 unspecified atom stereocenters. The first kappa shape index (κ1) is 22.0. The number of anilines is 1. The predicted octanol–water partition coefficient (Wildman–Crippen LogP) is 5.14. The Bertz CT molecular complexity index is 1570. The third-order valence-corrected chi connectivity index (χ3v) is 7.66. The van der Waals surface area contributed by atoms with E-state index in [1.54, 1.807) is 42.5 Å². The van der Waals surface area contributed by atoms with Crippen LogP contribution in [-0.4, -0.2) is 21.6 Å². The highest BCUT2D eigenvalue weighted by atomic mass is 32.2. The normalized spacial score (nSPS) is 13.5. The molecule has 4 aromatic rings. The lowest BCUT2D eigenvalue weighted by molar-refractivity contribution is 0.340. The van der Waals surface area contributed by atoms with Crippen molar-refractivity contribution in [3.05, 3.63) is 106 Å². The van der Waals surface area contributed by atoms with Crippen LogP contribution in [0.3, 0.4) is 0 Å². The van der Waals surface area contributed by atoms with Gasteiger partial charge in [-0.25, -0.2) is 13.2 Å². The van der Waals surface area contributed by atoms with Crippen molar-refractivity contribution in [3.8, 4) is 5.75 Å². The zero-order valence-corrected chi connectivity index (χ0v) is 19.6. The number of fused-ring (bicyclic) bond motifs is 3. The Morgan fingerprint density at radius 1 is 0.941 bits per heavy atom. The molecule has 0 bridgehead atoms. The van der Waals surface area contributed by atoms with Crippen LogP contribution < -0.4 is 14.7 Å². The van der Waals surface area contributed by atoms with Gasteiger partial charge in [-0.15, -0.1) is 0 Å². The molecule has 1 aliphatic heterocycles. The zero-order valence-electron chi connectivity index (χ0n) is 18.8. The maximum absolute atomic E-state index is 13.6. The van der Waals surface area contributed by atoms with Gasteiger partial charge in [0.25, 0.3) is 10.0 Å². The summed E-state index contributed by atoms with van der Waals surface area (Å²) in [6.45, 7) is 4.59. The standard InChI is InChI=1S/C27H23NO5S/c1-3-32-20-8-6-19(7-9-20)22-16-17-28(34(30,31)21-10-4-18(2)5-11-21)24-13-14-25-23(27(22)24)12-15-26(29)33-25/h4-16H,3,17H2,1-2H3. The van der Waals surface area contributed by atoms with Gasteiger partial charge in [0, 0.05) is 17.0 Å². The SMILES string of the molecule is CCOc1ccc(C2=CCN(S(=O)(=O)c3ccc(C)cc3)c3ccc4oc(=O)ccc4c32)cc1. The van der Waals surface area contributed by atoms with E-state index in [0.717, 1.165) is 22.4 Å². The minimum absolute atomic E-state index is 0.175. The topological polar surface area (TPSA) is 76.8 Å². The summed E-state index contributed by atoms with van der Waals surface area (Å²) in [6, 6.07) is 20.9. The molecule has 34 heavy (non-hydrogen) atoms. The Morgan fingerprint density at radius 2 is 1.68 bits per heavy atom. The number of rotatable bonds is 5. The second kappa shape index (κ2) is 8.50. The summed E-state index contributed by atoms with van der Waals surface area (Å²) in [7, 11) is -3.81. The fraction of sp³-hybridized carbons (Fsp3) is 0.148. The van der Waals surface area contributed by atoms with Crippen molar-refractivity contribution in [3.63, 3.8) is 0 Å². The Hall–Kier alpha value is -3.84. The summed E-state index contributed by atoms with van der Waals surface area (Å²) in [5.74, 6) is 0.760. The molecule has 3 aromatic carbocycles. The van der Waals surface area contributed by atoms with Crippen LogP contribution >= 0.6 is 0 Å². The van der Waals surface area contributed by atoms with Crippen LogP contribution in [0.4, 0.5) is 5.69 Å². The monoisotopic (exact) mass is 473 g/mol. The van der Waals surface area contributed by atoms with E-state index in [4.69, 9.17) is 9.15 Å². The summed E-state index contributed by atoms with van der Waals surface area (Å²) < 4.78 is 39.6.